The Morgan fingerprint density at radius 1 is 1.24 bits per heavy atom. The molecule has 34 heavy (non-hydrogen) atoms. The van der Waals surface area contributed by atoms with E-state index in [1.165, 1.54) is 0 Å². The van der Waals surface area contributed by atoms with E-state index in [0.717, 1.165) is 5.69 Å². The topological polar surface area (TPSA) is 155 Å². The quantitative estimate of drug-likeness (QED) is 0.509. The number of carboxylic acids is 2. The lowest BCUT2D eigenvalue weighted by atomic mass is 10.1. The summed E-state index contributed by atoms with van der Waals surface area (Å²) in [7, 11) is 5.58. The summed E-state index contributed by atoms with van der Waals surface area (Å²) in [6, 6.07) is 5.37. The molecule has 2 aromatic heterocycles. The SMILES string of the molecule is CN(C)Cc1nc(-c2ncn3c2CN(C)C(=O)c2c(Cl)cccc2-3)no1.O=C(O)C=CC(=O)O. The molecule has 0 fully saturated rings. The Morgan fingerprint density at radius 2 is 1.91 bits per heavy atom. The zero-order valence-electron chi connectivity index (χ0n) is 18.5. The van der Waals surface area contributed by atoms with Crippen LogP contribution in [0.4, 0.5) is 0 Å². The molecule has 0 radical (unpaired) electrons. The average Bonchev–Trinajstić information content (AvgIpc) is 3.36. The van der Waals surface area contributed by atoms with Gasteiger partial charge in [-0.25, -0.2) is 14.6 Å². The van der Waals surface area contributed by atoms with E-state index in [1.54, 1.807) is 24.3 Å². The second-order valence-electron chi connectivity index (χ2n) is 7.46. The lowest BCUT2D eigenvalue weighted by Crippen LogP contribution is -2.25. The monoisotopic (exact) mass is 488 g/mol. The molecule has 0 spiro atoms. The minimum atomic E-state index is -1.26. The Bertz CT molecular complexity index is 1250. The molecule has 1 amide bonds. The minimum absolute atomic E-state index is 0.137. The van der Waals surface area contributed by atoms with Crippen LogP contribution in [0.1, 0.15) is 21.9 Å². The van der Waals surface area contributed by atoms with Gasteiger partial charge in [-0.3, -0.25) is 9.36 Å². The number of carbonyl (C=O) groups is 3. The molecule has 1 aromatic carbocycles. The Labute approximate surface area is 198 Å². The first-order chi connectivity index (χ1) is 16.1. The molecular formula is C21H21ClN6O6. The Hall–Kier alpha value is -4.03. The van der Waals surface area contributed by atoms with Crippen LogP contribution in [0.25, 0.3) is 17.2 Å². The van der Waals surface area contributed by atoms with E-state index in [2.05, 4.69) is 15.1 Å². The van der Waals surface area contributed by atoms with Crippen molar-refractivity contribution in [2.45, 2.75) is 13.1 Å². The summed E-state index contributed by atoms with van der Waals surface area (Å²) in [5, 5.41) is 20.1. The van der Waals surface area contributed by atoms with E-state index in [0.29, 0.717) is 58.9 Å². The highest BCUT2D eigenvalue weighted by molar-refractivity contribution is 6.34. The van der Waals surface area contributed by atoms with Gasteiger partial charge in [0.2, 0.25) is 11.7 Å². The Morgan fingerprint density at radius 3 is 2.53 bits per heavy atom. The maximum atomic E-state index is 12.7. The third kappa shape index (κ3) is 5.47. The number of rotatable bonds is 5. The highest BCUT2D eigenvalue weighted by atomic mass is 35.5. The van der Waals surface area contributed by atoms with Gasteiger partial charge < -0.3 is 24.5 Å². The van der Waals surface area contributed by atoms with Crippen molar-refractivity contribution in [3.63, 3.8) is 0 Å². The second kappa shape index (κ2) is 10.3. The average molecular weight is 489 g/mol. The van der Waals surface area contributed by atoms with Gasteiger partial charge in [-0.1, -0.05) is 22.8 Å². The summed E-state index contributed by atoms with van der Waals surface area (Å²) in [6.07, 6.45) is 2.78. The van der Waals surface area contributed by atoms with Gasteiger partial charge in [-0.2, -0.15) is 4.98 Å². The molecular weight excluding hydrogens is 468 g/mol. The molecule has 1 aliphatic heterocycles. The third-order valence-electron chi connectivity index (χ3n) is 4.56. The number of benzene rings is 1. The molecule has 3 heterocycles. The summed E-state index contributed by atoms with van der Waals surface area (Å²) in [5.74, 6) is -1.74. The van der Waals surface area contributed by atoms with Crippen molar-refractivity contribution < 1.29 is 29.1 Å². The highest BCUT2D eigenvalue weighted by Gasteiger charge is 2.29. The second-order valence-corrected chi connectivity index (χ2v) is 7.87. The Balaban J connectivity index is 0.000000350. The van der Waals surface area contributed by atoms with Crippen molar-refractivity contribution in [3.8, 4) is 17.2 Å². The molecule has 0 saturated heterocycles. The van der Waals surface area contributed by atoms with Crippen molar-refractivity contribution in [2.75, 3.05) is 21.1 Å². The number of aliphatic carboxylic acids is 2. The van der Waals surface area contributed by atoms with Crippen molar-refractivity contribution in [1.29, 1.82) is 0 Å². The van der Waals surface area contributed by atoms with Gasteiger partial charge in [0.25, 0.3) is 5.91 Å². The highest BCUT2D eigenvalue weighted by Crippen LogP contribution is 2.32. The zero-order chi connectivity index (χ0) is 25.0. The molecule has 13 heteroatoms. The Kier molecular flexibility index (Phi) is 7.44. The van der Waals surface area contributed by atoms with Gasteiger partial charge in [0.1, 0.15) is 12.0 Å². The van der Waals surface area contributed by atoms with Crippen LogP contribution in [0.15, 0.2) is 41.2 Å². The van der Waals surface area contributed by atoms with E-state index in [1.807, 2.05) is 35.7 Å². The minimum Gasteiger partial charge on any atom is -0.478 e. The van der Waals surface area contributed by atoms with Crippen molar-refractivity contribution in [3.05, 3.63) is 58.8 Å². The van der Waals surface area contributed by atoms with E-state index >= 15 is 0 Å². The van der Waals surface area contributed by atoms with Crippen LogP contribution < -0.4 is 0 Å². The molecule has 0 saturated carbocycles. The molecule has 0 atom stereocenters. The molecule has 3 aromatic rings. The summed E-state index contributed by atoms with van der Waals surface area (Å²) in [4.78, 5) is 44.3. The number of fused-ring (bicyclic) bond motifs is 3. The number of amides is 1. The lowest BCUT2D eigenvalue weighted by molar-refractivity contribution is -0.134. The maximum absolute atomic E-state index is 12.7. The van der Waals surface area contributed by atoms with Crippen molar-refractivity contribution in [1.82, 2.24) is 29.5 Å². The van der Waals surface area contributed by atoms with Crippen LogP contribution in [0.5, 0.6) is 0 Å². The first kappa shape index (κ1) is 24.6. The normalized spacial score (nSPS) is 12.7. The van der Waals surface area contributed by atoms with Crippen LogP contribution in [0.2, 0.25) is 5.02 Å². The number of carbonyl (C=O) groups excluding carboxylic acids is 1. The molecule has 178 valence electrons. The van der Waals surface area contributed by atoms with Crippen LogP contribution in [0, 0.1) is 0 Å². The van der Waals surface area contributed by atoms with Gasteiger partial charge in [-0.05, 0) is 26.2 Å². The standard InChI is InChI=1S/C17H17ClN6O2.C4H4O4/c1-22(2)8-13-20-16(21-26-13)15-12-7-23(3)17(25)14-10(18)5-4-6-11(14)24(12)9-19-15;5-3(6)1-2-4(7)8/h4-6,9H,7-8H2,1-3H3;1-2H,(H,5,6)(H,7,8). The van der Waals surface area contributed by atoms with Crippen LogP contribution in [-0.4, -0.2) is 78.7 Å². The van der Waals surface area contributed by atoms with Crippen LogP contribution in [-0.2, 0) is 22.7 Å². The molecule has 4 rings (SSSR count). The van der Waals surface area contributed by atoms with Gasteiger partial charge in [0, 0.05) is 19.2 Å². The fourth-order valence-electron chi connectivity index (χ4n) is 3.16. The molecule has 2 N–H and O–H groups in total. The van der Waals surface area contributed by atoms with Crippen molar-refractivity contribution in [2.24, 2.45) is 0 Å². The van der Waals surface area contributed by atoms with E-state index in [-0.39, 0.29) is 5.91 Å². The third-order valence-corrected chi connectivity index (χ3v) is 4.88. The smallest absolute Gasteiger partial charge is 0.328 e. The summed E-state index contributed by atoms with van der Waals surface area (Å²) in [5.41, 5.74) is 2.55. The fourth-order valence-corrected chi connectivity index (χ4v) is 3.41. The summed E-state index contributed by atoms with van der Waals surface area (Å²) >= 11 is 6.29. The number of imidazole rings is 1. The molecule has 1 aliphatic rings. The van der Waals surface area contributed by atoms with E-state index < -0.39 is 11.9 Å². The molecule has 0 aliphatic carbocycles. The maximum Gasteiger partial charge on any atom is 0.328 e. The number of carboxylic acid groups (broad SMARTS) is 2. The first-order valence-corrected chi connectivity index (χ1v) is 10.2. The van der Waals surface area contributed by atoms with Gasteiger partial charge in [0.05, 0.1) is 35.1 Å². The number of nitrogens with zero attached hydrogens (tertiary/aromatic N) is 6. The van der Waals surface area contributed by atoms with Crippen molar-refractivity contribution >= 4 is 29.4 Å². The number of halogens is 1. The predicted octanol–water partition coefficient (Wildman–Crippen LogP) is 1.93. The summed E-state index contributed by atoms with van der Waals surface area (Å²) < 4.78 is 7.17. The van der Waals surface area contributed by atoms with E-state index in [9.17, 15) is 14.4 Å². The largest absolute Gasteiger partial charge is 0.478 e. The van der Waals surface area contributed by atoms with Gasteiger partial charge in [-0.15, -0.1) is 0 Å². The van der Waals surface area contributed by atoms with Crippen LogP contribution in [0.3, 0.4) is 0 Å². The summed E-state index contributed by atoms with van der Waals surface area (Å²) in [6.45, 7) is 0.899. The molecule has 12 nitrogen and oxygen atoms in total. The zero-order valence-corrected chi connectivity index (χ0v) is 19.2. The molecule has 0 unspecified atom stereocenters. The lowest BCUT2D eigenvalue weighted by Gasteiger charge is -2.14. The van der Waals surface area contributed by atoms with Gasteiger partial charge >= 0.3 is 11.9 Å². The number of hydrogen-bond donors (Lipinski definition) is 2. The van der Waals surface area contributed by atoms with Crippen LogP contribution >= 0.6 is 11.6 Å². The number of aromatic nitrogens is 4. The fraction of sp³-hybridized carbons (Fsp3) is 0.238. The number of hydrogen-bond acceptors (Lipinski definition) is 8. The predicted molar refractivity (Wildman–Crippen MR) is 119 cm³/mol. The molecule has 0 bridgehead atoms. The van der Waals surface area contributed by atoms with E-state index in [4.69, 9.17) is 26.3 Å². The first-order valence-electron chi connectivity index (χ1n) is 9.80. The van der Waals surface area contributed by atoms with Gasteiger partial charge in [0.15, 0.2) is 0 Å².